The minimum absolute atomic E-state index is 0.227. The van der Waals surface area contributed by atoms with Crippen LogP contribution in [0.25, 0.3) is 0 Å². The summed E-state index contributed by atoms with van der Waals surface area (Å²) >= 11 is 0. The molecule has 1 aliphatic heterocycles. The van der Waals surface area contributed by atoms with Gasteiger partial charge in [-0.3, -0.25) is 4.90 Å². The maximum atomic E-state index is 6.12. The zero-order valence-electron chi connectivity index (χ0n) is 9.14. The Hall–Kier alpha value is -0.120. The van der Waals surface area contributed by atoms with E-state index in [0.29, 0.717) is 0 Å². The highest BCUT2D eigenvalue weighted by molar-refractivity contribution is 4.81. The first kappa shape index (κ1) is 11.0. The van der Waals surface area contributed by atoms with E-state index in [0.717, 1.165) is 32.7 Å². The Morgan fingerprint density at radius 1 is 1.31 bits per heavy atom. The molecule has 0 aromatic rings. The van der Waals surface area contributed by atoms with Crippen LogP contribution in [0.3, 0.4) is 0 Å². The third kappa shape index (κ3) is 3.63. The smallest absolute Gasteiger partial charge is 0.0217 e. The lowest BCUT2D eigenvalue weighted by Gasteiger charge is -2.34. The van der Waals surface area contributed by atoms with E-state index >= 15 is 0 Å². The van der Waals surface area contributed by atoms with Crippen molar-refractivity contribution in [1.29, 1.82) is 0 Å². The Morgan fingerprint density at radius 3 is 2.31 bits per heavy atom. The summed E-state index contributed by atoms with van der Waals surface area (Å²) < 4.78 is 0. The first-order valence-corrected chi connectivity index (χ1v) is 5.19. The number of nitrogens with two attached hydrogens (primary N) is 1. The topological polar surface area (TPSA) is 41.3 Å². The molecule has 1 rings (SSSR count). The van der Waals surface area contributed by atoms with Crippen LogP contribution in [-0.2, 0) is 0 Å². The summed E-state index contributed by atoms with van der Waals surface area (Å²) in [5, 5.41) is 3.34. The average molecular weight is 185 g/mol. The molecule has 3 heteroatoms. The zero-order chi connectivity index (χ0) is 9.90. The Bertz CT molecular complexity index is 145. The van der Waals surface area contributed by atoms with Gasteiger partial charge in [-0.15, -0.1) is 0 Å². The molecule has 1 atom stereocenters. The Balaban J connectivity index is 2.30. The fraction of sp³-hybridized carbons (Fsp3) is 1.00. The van der Waals surface area contributed by atoms with E-state index in [1.165, 1.54) is 0 Å². The Labute approximate surface area is 81.7 Å². The fourth-order valence-electron chi connectivity index (χ4n) is 1.45. The molecule has 0 aromatic carbocycles. The van der Waals surface area contributed by atoms with Gasteiger partial charge >= 0.3 is 0 Å². The van der Waals surface area contributed by atoms with Gasteiger partial charge in [-0.1, -0.05) is 20.8 Å². The molecule has 1 heterocycles. The van der Waals surface area contributed by atoms with E-state index in [4.69, 9.17) is 5.73 Å². The van der Waals surface area contributed by atoms with Gasteiger partial charge in [0, 0.05) is 38.8 Å². The van der Waals surface area contributed by atoms with Crippen molar-refractivity contribution in [3.63, 3.8) is 0 Å². The second kappa shape index (κ2) is 4.40. The summed E-state index contributed by atoms with van der Waals surface area (Å²) in [6.07, 6.45) is 0. The molecule has 13 heavy (non-hydrogen) atoms. The minimum Gasteiger partial charge on any atom is -0.326 e. The van der Waals surface area contributed by atoms with Gasteiger partial charge in [0.15, 0.2) is 0 Å². The lowest BCUT2D eigenvalue weighted by molar-refractivity contribution is 0.182. The van der Waals surface area contributed by atoms with Crippen LogP contribution in [0, 0.1) is 5.41 Å². The van der Waals surface area contributed by atoms with Gasteiger partial charge in [0.1, 0.15) is 0 Å². The van der Waals surface area contributed by atoms with Gasteiger partial charge in [0.2, 0.25) is 0 Å². The molecule has 0 aliphatic carbocycles. The first-order chi connectivity index (χ1) is 6.00. The molecule has 0 amide bonds. The van der Waals surface area contributed by atoms with E-state index in [1.807, 2.05) is 0 Å². The standard InChI is InChI=1S/C10H23N3/c1-10(2,3)9(11)8-13-6-4-12-5-7-13/h9,12H,4-8,11H2,1-3H3. The van der Waals surface area contributed by atoms with Crippen LogP contribution in [-0.4, -0.2) is 43.7 Å². The van der Waals surface area contributed by atoms with Crippen molar-refractivity contribution in [1.82, 2.24) is 10.2 Å². The molecule has 3 nitrogen and oxygen atoms in total. The van der Waals surface area contributed by atoms with Crippen molar-refractivity contribution in [3.8, 4) is 0 Å². The highest BCUT2D eigenvalue weighted by Gasteiger charge is 2.23. The highest BCUT2D eigenvalue weighted by atomic mass is 15.2. The van der Waals surface area contributed by atoms with Crippen LogP contribution in [0.5, 0.6) is 0 Å². The second-order valence-electron chi connectivity index (χ2n) is 5.02. The molecule has 1 saturated heterocycles. The van der Waals surface area contributed by atoms with Crippen LogP contribution >= 0.6 is 0 Å². The molecule has 0 spiro atoms. The monoisotopic (exact) mass is 185 g/mol. The lowest BCUT2D eigenvalue weighted by Crippen LogP contribution is -2.51. The summed E-state index contributed by atoms with van der Waals surface area (Å²) in [5.74, 6) is 0. The quantitative estimate of drug-likeness (QED) is 0.648. The van der Waals surface area contributed by atoms with Crippen LogP contribution in [0.2, 0.25) is 0 Å². The maximum Gasteiger partial charge on any atom is 0.0217 e. The van der Waals surface area contributed by atoms with Crippen molar-refractivity contribution in [3.05, 3.63) is 0 Å². The number of rotatable bonds is 2. The van der Waals surface area contributed by atoms with Crippen LogP contribution in [0.1, 0.15) is 20.8 Å². The van der Waals surface area contributed by atoms with Crippen LogP contribution < -0.4 is 11.1 Å². The van der Waals surface area contributed by atoms with Gasteiger partial charge < -0.3 is 11.1 Å². The van der Waals surface area contributed by atoms with E-state index in [-0.39, 0.29) is 11.5 Å². The van der Waals surface area contributed by atoms with Crippen LogP contribution in [0.15, 0.2) is 0 Å². The highest BCUT2D eigenvalue weighted by Crippen LogP contribution is 2.18. The minimum atomic E-state index is 0.227. The van der Waals surface area contributed by atoms with Gasteiger partial charge in [-0.05, 0) is 5.41 Å². The normalized spacial score (nSPS) is 23.1. The number of piperazine rings is 1. The third-order valence-corrected chi connectivity index (χ3v) is 2.78. The molecular weight excluding hydrogens is 162 g/mol. The SMILES string of the molecule is CC(C)(C)C(N)CN1CCNCC1. The molecule has 1 aliphatic rings. The van der Waals surface area contributed by atoms with Crippen molar-refractivity contribution >= 4 is 0 Å². The summed E-state index contributed by atoms with van der Waals surface area (Å²) in [6, 6.07) is 0.283. The van der Waals surface area contributed by atoms with Crippen molar-refractivity contribution in [2.75, 3.05) is 32.7 Å². The molecule has 0 aromatic heterocycles. The number of hydrogen-bond donors (Lipinski definition) is 2. The van der Waals surface area contributed by atoms with Crippen molar-refractivity contribution in [2.24, 2.45) is 11.1 Å². The van der Waals surface area contributed by atoms with Crippen molar-refractivity contribution in [2.45, 2.75) is 26.8 Å². The molecule has 0 radical (unpaired) electrons. The zero-order valence-corrected chi connectivity index (χ0v) is 9.14. The number of nitrogens with zero attached hydrogens (tertiary/aromatic N) is 1. The van der Waals surface area contributed by atoms with Crippen LogP contribution in [0.4, 0.5) is 0 Å². The van der Waals surface area contributed by atoms with Gasteiger partial charge in [-0.25, -0.2) is 0 Å². The molecular formula is C10H23N3. The largest absolute Gasteiger partial charge is 0.326 e. The lowest BCUT2D eigenvalue weighted by atomic mass is 9.87. The summed E-state index contributed by atoms with van der Waals surface area (Å²) in [4.78, 5) is 2.45. The predicted octanol–water partition coefficient (Wildman–Crippen LogP) is 0.265. The summed E-state index contributed by atoms with van der Waals surface area (Å²) in [7, 11) is 0. The number of nitrogens with one attached hydrogen (secondary N) is 1. The van der Waals surface area contributed by atoms with Gasteiger partial charge in [-0.2, -0.15) is 0 Å². The third-order valence-electron chi connectivity index (χ3n) is 2.78. The maximum absolute atomic E-state index is 6.12. The molecule has 78 valence electrons. The van der Waals surface area contributed by atoms with Gasteiger partial charge in [0.25, 0.3) is 0 Å². The van der Waals surface area contributed by atoms with Crippen molar-refractivity contribution < 1.29 is 0 Å². The molecule has 1 fully saturated rings. The Kier molecular flexibility index (Phi) is 3.71. The molecule has 0 saturated carbocycles. The summed E-state index contributed by atoms with van der Waals surface area (Å²) in [5.41, 5.74) is 6.35. The fourth-order valence-corrected chi connectivity index (χ4v) is 1.45. The summed E-state index contributed by atoms with van der Waals surface area (Å²) in [6.45, 7) is 12.2. The van der Waals surface area contributed by atoms with E-state index < -0.39 is 0 Å². The predicted molar refractivity (Wildman–Crippen MR) is 56.7 cm³/mol. The average Bonchev–Trinajstić information content (AvgIpc) is 2.04. The van der Waals surface area contributed by atoms with E-state index in [2.05, 4.69) is 31.0 Å². The number of hydrogen-bond acceptors (Lipinski definition) is 3. The Morgan fingerprint density at radius 2 is 1.85 bits per heavy atom. The van der Waals surface area contributed by atoms with E-state index in [9.17, 15) is 0 Å². The molecule has 1 unspecified atom stereocenters. The second-order valence-corrected chi connectivity index (χ2v) is 5.02. The molecule has 3 N–H and O–H groups in total. The van der Waals surface area contributed by atoms with Gasteiger partial charge in [0.05, 0.1) is 0 Å². The molecule has 0 bridgehead atoms. The first-order valence-electron chi connectivity index (χ1n) is 5.19. The van der Waals surface area contributed by atoms with E-state index in [1.54, 1.807) is 0 Å².